The zero-order valence-electron chi connectivity index (χ0n) is 14.9. The van der Waals surface area contributed by atoms with Gasteiger partial charge in [-0.3, -0.25) is 9.59 Å². The second-order valence-corrected chi connectivity index (χ2v) is 6.53. The van der Waals surface area contributed by atoms with E-state index in [2.05, 4.69) is 0 Å². The summed E-state index contributed by atoms with van der Waals surface area (Å²) >= 11 is 0. The number of nitrogens with zero attached hydrogens (tertiary/aromatic N) is 1. The van der Waals surface area contributed by atoms with Crippen LogP contribution in [0.15, 0.2) is 66.7 Å². The highest BCUT2D eigenvalue weighted by Crippen LogP contribution is 2.28. The van der Waals surface area contributed by atoms with Gasteiger partial charge in [0.05, 0.1) is 13.0 Å². The molecule has 3 aromatic rings. The highest BCUT2D eigenvalue weighted by atomic mass is 16.5. The van der Waals surface area contributed by atoms with Crippen LogP contribution < -0.4 is 14.4 Å². The molecule has 0 N–H and O–H groups in total. The van der Waals surface area contributed by atoms with Crippen LogP contribution in [0, 0.1) is 5.92 Å². The molecule has 5 nitrogen and oxygen atoms in total. The maximum Gasteiger partial charge on any atom is 0.316 e. The van der Waals surface area contributed by atoms with E-state index < -0.39 is 5.92 Å². The SMILES string of the molecule is COc1ccc(N2C[C@@H](C(=O)Oc3ccc4ccccc4c3)CC2=O)cc1. The fourth-order valence-electron chi connectivity index (χ4n) is 3.31. The minimum atomic E-state index is -0.480. The third-order valence-electron chi connectivity index (χ3n) is 4.78. The van der Waals surface area contributed by atoms with Crippen molar-refractivity contribution in [3.63, 3.8) is 0 Å². The summed E-state index contributed by atoms with van der Waals surface area (Å²) in [7, 11) is 1.59. The number of ether oxygens (including phenoxy) is 2. The van der Waals surface area contributed by atoms with Crippen LogP contribution in [0.3, 0.4) is 0 Å². The van der Waals surface area contributed by atoms with Gasteiger partial charge in [0.25, 0.3) is 0 Å². The molecule has 1 saturated heterocycles. The summed E-state index contributed by atoms with van der Waals surface area (Å²) < 4.78 is 10.7. The van der Waals surface area contributed by atoms with Crippen LogP contribution in [-0.2, 0) is 9.59 Å². The van der Waals surface area contributed by atoms with E-state index in [0.29, 0.717) is 12.3 Å². The van der Waals surface area contributed by atoms with Crippen LogP contribution in [0.4, 0.5) is 5.69 Å². The molecule has 5 heteroatoms. The molecule has 27 heavy (non-hydrogen) atoms. The Labute approximate surface area is 157 Å². The maximum absolute atomic E-state index is 12.6. The van der Waals surface area contributed by atoms with E-state index in [9.17, 15) is 9.59 Å². The molecule has 0 radical (unpaired) electrons. The van der Waals surface area contributed by atoms with Crippen molar-refractivity contribution in [1.29, 1.82) is 0 Å². The molecule has 1 amide bonds. The molecule has 0 aliphatic carbocycles. The van der Waals surface area contributed by atoms with Crippen LogP contribution in [0.25, 0.3) is 10.8 Å². The lowest BCUT2D eigenvalue weighted by molar-refractivity contribution is -0.139. The van der Waals surface area contributed by atoms with Gasteiger partial charge >= 0.3 is 5.97 Å². The molecule has 0 spiro atoms. The van der Waals surface area contributed by atoms with Gasteiger partial charge in [-0.2, -0.15) is 0 Å². The Kier molecular flexibility index (Phi) is 4.50. The predicted octanol–water partition coefficient (Wildman–Crippen LogP) is 3.81. The highest BCUT2D eigenvalue weighted by molar-refractivity contribution is 5.99. The van der Waals surface area contributed by atoms with Crippen LogP contribution in [0.1, 0.15) is 6.42 Å². The van der Waals surface area contributed by atoms with E-state index >= 15 is 0 Å². The number of esters is 1. The van der Waals surface area contributed by atoms with Gasteiger partial charge in [-0.25, -0.2) is 0 Å². The Hall–Kier alpha value is -3.34. The first-order chi connectivity index (χ1) is 13.1. The monoisotopic (exact) mass is 361 g/mol. The molecule has 1 aliphatic heterocycles. The lowest BCUT2D eigenvalue weighted by Gasteiger charge is -2.17. The van der Waals surface area contributed by atoms with Crippen molar-refractivity contribution in [2.75, 3.05) is 18.6 Å². The van der Waals surface area contributed by atoms with E-state index in [1.807, 2.05) is 48.5 Å². The van der Waals surface area contributed by atoms with E-state index in [4.69, 9.17) is 9.47 Å². The van der Waals surface area contributed by atoms with Gasteiger partial charge in [0.1, 0.15) is 11.5 Å². The van der Waals surface area contributed by atoms with Gasteiger partial charge in [-0.15, -0.1) is 0 Å². The Morgan fingerprint density at radius 2 is 1.67 bits per heavy atom. The van der Waals surface area contributed by atoms with Gasteiger partial charge < -0.3 is 14.4 Å². The number of fused-ring (bicyclic) bond motifs is 1. The highest BCUT2D eigenvalue weighted by Gasteiger charge is 2.36. The number of carbonyl (C=O) groups is 2. The van der Waals surface area contributed by atoms with Gasteiger partial charge in [-0.1, -0.05) is 30.3 Å². The summed E-state index contributed by atoms with van der Waals surface area (Å²) in [6.45, 7) is 0.317. The number of rotatable bonds is 4. The van der Waals surface area contributed by atoms with Crippen molar-refractivity contribution in [3.8, 4) is 11.5 Å². The fraction of sp³-hybridized carbons (Fsp3) is 0.182. The van der Waals surface area contributed by atoms with E-state index in [0.717, 1.165) is 22.2 Å². The fourth-order valence-corrected chi connectivity index (χ4v) is 3.31. The van der Waals surface area contributed by atoms with Crippen molar-refractivity contribution in [2.24, 2.45) is 5.92 Å². The van der Waals surface area contributed by atoms with Gasteiger partial charge in [0.2, 0.25) is 5.91 Å². The maximum atomic E-state index is 12.6. The third kappa shape index (κ3) is 3.49. The minimum absolute atomic E-state index is 0.0828. The summed E-state index contributed by atoms with van der Waals surface area (Å²) in [5, 5.41) is 2.09. The normalized spacial score (nSPS) is 16.6. The number of methoxy groups -OCH3 is 1. The summed E-state index contributed by atoms with van der Waals surface area (Å²) in [6.07, 6.45) is 0.151. The second kappa shape index (κ2) is 7.11. The summed E-state index contributed by atoms with van der Waals surface area (Å²) in [5.74, 6) is 0.271. The molecule has 4 rings (SSSR count). The molecule has 0 bridgehead atoms. The number of carbonyl (C=O) groups excluding carboxylic acids is 2. The third-order valence-corrected chi connectivity index (χ3v) is 4.78. The molecule has 1 heterocycles. The van der Waals surface area contributed by atoms with Crippen molar-refractivity contribution in [1.82, 2.24) is 0 Å². The van der Waals surface area contributed by atoms with Gasteiger partial charge in [0.15, 0.2) is 0 Å². The van der Waals surface area contributed by atoms with Crippen LogP contribution >= 0.6 is 0 Å². The molecule has 0 unspecified atom stereocenters. The smallest absolute Gasteiger partial charge is 0.316 e. The van der Waals surface area contributed by atoms with E-state index in [-0.39, 0.29) is 18.3 Å². The largest absolute Gasteiger partial charge is 0.497 e. The van der Waals surface area contributed by atoms with Gasteiger partial charge in [-0.05, 0) is 47.2 Å². The van der Waals surface area contributed by atoms with Crippen LogP contribution in [0.5, 0.6) is 11.5 Å². The minimum Gasteiger partial charge on any atom is -0.497 e. The topological polar surface area (TPSA) is 55.8 Å². The first-order valence-electron chi connectivity index (χ1n) is 8.79. The molecule has 0 aromatic heterocycles. The standard InChI is InChI=1S/C22H19NO4/c1-26-19-10-7-18(8-11-19)23-14-17(13-21(23)24)22(25)27-20-9-6-15-4-2-3-5-16(15)12-20/h2-12,17H,13-14H2,1H3/t17-/m0/s1. The number of amides is 1. The first kappa shape index (κ1) is 17.1. The average Bonchev–Trinajstić information content (AvgIpc) is 3.10. The Morgan fingerprint density at radius 1 is 0.963 bits per heavy atom. The summed E-state index contributed by atoms with van der Waals surface area (Å²) in [5.41, 5.74) is 0.752. The second-order valence-electron chi connectivity index (χ2n) is 6.53. The Bertz CT molecular complexity index is 997. The molecule has 1 aliphatic rings. The number of hydrogen-bond donors (Lipinski definition) is 0. The molecule has 1 fully saturated rings. The molecule has 3 aromatic carbocycles. The number of benzene rings is 3. The Balaban J connectivity index is 1.46. The molecular weight excluding hydrogens is 342 g/mol. The zero-order valence-corrected chi connectivity index (χ0v) is 14.9. The van der Waals surface area contributed by atoms with Crippen molar-refractivity contribution >= 4 is 28.3 Å². The lowest BCUT2D eigenvalue weighted by atomic mass is 10.1. The lowest BCUT2D eigenvalue weighted by Crippen LogP contribution is -2.27. The Morgan fingerprint density at radius 3 is 2.41 bits per heavy atom. The van der Waals surface area contributed by atoms with Crippen LogP contribution in [0.2, 0.25) is 0 Å². The number of hydrogen-bond acceptors (Lipinski definition) is 4. The van der Waals surface area contributed by atoms with E-state index in [1.165, 1.54) is 0 Å². The quantitative estimate of drug-likeness (QED) is 0.524. The zero-order chi connectivity index (χ0) is 18.8. The molecular formula is C22H19NO4. The predicted molar refractivity (Wildman–Crippen MR) is 103 cm³/mol. The van der Waals surface area contributed by atoms with Gasteiger partial charge in [0, 0.05) is 18.7 Å². The summed E-state index contributed by atoms with van der Waals surface area (Å²) in [6, 6.07) is 20.6. The van der Waals surface area contributed by atoms with E-state index in [1.54, 1.807) is 30.2 Å². The average molecular weight is 361 g/mol. The first-order valence-corrected chi connectivity index (χ1v) is 8.79. The van der Waals surface area contributed by atoms with Crippen molar-refractivity contribution < 1.29 is 19.1 Å². The molecule has 136 valence electrons. The van der Waals surface area contributed by atoms with Crippen molar-refractivity contribution in [2.45, 2.75) is 6.42 Å². The molecule has 1 atom stereocenters. The summed E-state index contributed by atoms with van der Waals surface area (Å²) in [4.78, 5) is 26.5. The van der Waals surface area contributed by atoms with Crippen molar-refractivity contribution in [3.05, 3.63) is 66.7 Å². The number of anilines is 1. The molecule has 0 saturated carbocycles. The van der Waals surface area contributed by atoms with Crippen LogP contribution in [-0.4, -0.2) is 25.5 Å².